The Bertz CT molecular complexity index is 732. The first kappa shape index (κ1) is 20.0. The molecule has 0 atom stereocenters. The predicted molar refractivity (Wildman–Crippen MR) is 107 cm³/mol. The fourth-order valence-electron chi connectivity index (χ4n) is 2.35. The minimum absolute atomic E-state index is 0.0165. The molecule has 0 radical (unpaired) electrons. The summed E-state index contributed by atoms with van der Waals surface area (Å²) in [6.45, 7) is 5.07. The van der Waals surface area contributed by atoms with Crippen LogP contribution in [0.15, 0.2) is 53.4 Å². The molecule has 0 bridgehead atoms. The Hall–Kier alpha value is -2.27. The van der Waals surface area contributed by atoms with E-state index in [1.165, 1.54) is 16.0 Å². The Morgan fingerprint density at radius 3 is 2.35 bits per heavy atom. The van der Waals surface area contributed by atoms with E-state index < -0.39 is 0 Å². The van der Waals surface area contributed by atoms with Gasteiger partial charge in [-0.2, -0.15) is 0 Å². The summed E-state index contributed by atoms with van der Waals surface area (Å²) >= 11 is 1.68. The molecule has 138 valence electrons. The summed E-state index contributed by atoms with van der Waals surface area (Å²) in [4.78, 5) is 24.8. The fraction of sp³-hybridized carbons (Fsp3) is 0.333. The normalized spacial score (nSPS) is 10.4. The Kier molecular flexibility index (Phi) is 8.22. The molecule has 0 aliphatic carbocycles. The van der Waals surface area contributed by atoms with Crippen molar-refractivity contribution in [1.82, 2.24) is 10.6 Å². The minimum atomic E-state index is -0.0568. The standard InChI is InChI=1S/C21H26N2O2S/c1-16-8-9-19(14-17(16)2)26-13-11-21(25)22-12-10-20(24)23-15-18-6-4-3-5-7-18/h3-9,14H,10-13,15H2,1-2H3,(H,22,25)(H,23,24). The fourth-order valence-corrected chi connectivity index (χ4v) is 3.30. The van der Waals surface area contributed by atoms with Gasteiger partial charge in [-0.1, -0.05) is 36.4 Å². The number of hydrogen-bond donors (Lipinski definition) is 2. The van der Waals surface area contributed by atoms with Crippen LogP contribution in [0.25, 0.3) is 0 Å². The zero-order chi connectivity index (χ0) is 18.8. The van der Waals surface area contributed by atoms with Gasteiger partial charge in [-0.15, -0.1) is 11.8 Å². The van der Waals surface area contributed by atoms with Gasteiger partial charge in [-0.25, -0.2) is 0 Å². The highest BCUT2D eigenvalue weighted by molar-refractivity contribution is 7.99. The van der Waals surface area contributed by atoms with Gasteiger partial charge in [0.25, 0.3) is 0 Å². The van der Waals surface area contributed by atoms with E-state index in [1.807, 2.05) is 30.3 Å². The quantitative estimate of drug-likeness (QED) is 0.663. The van der Waals surface area contributed by atoms with Crippen molar-refractivity contribution < 1.29 is 9.59 Å². The first-order valence-corrected chi connectivity index (χ1v) is 9.80. The molecule has 26 heavy (non-hydrogen) atoms. The molecule has 0 saturated heterocycles. The summed E-state index contributed by atoms with van der Waals surface area (Å²) in [5, 5.41) is 5.66. The van der Waals surface area contributed by atoms with Crippen molar-refractivity contribution in [3.63, 3.8) is 0 Å². The summed E-state index contributed by atoms with van der Waals surface area (Å²) in [5.74, 6) is 0.657. The van der Waals surface area contributed by atoms with Crippen LogP contribution in [0.4, 0.5) is 0 Å². The third kappa shape index (κ3) is 7.31. The van der Waals surface area contributed by atoms with Gasteiger partial charge in [-0.05, 0) is 42.7 Å². The Balaban J connectivity index is 1.56. The van der Waals surface area contributed by atoms with Gasteiger partial charge >= 0.3 is 0 Å². The average molecular weight is 371 g/mol. The van der Waals surface area contributed by atoms with Crippen LogP contribution in [-0.2, 0) is 16.1 Å². The van der Waals surface area contributed by atoms with Crippen molar-refractivity contribution in [2.24, 2.45) is 0 Å². The SMILES string of the molecule is Cc1ccc(SCCC(=O)NCCC(=O)NCc2ccccc2)cc1C. The predicted octanol–water partition coefficient (Wildman–Crippen LogP) is 3.61. The molecule has 0 spiro atoms. The largest absolute Gasteiger partial charge is 0.356 e. The summed E-state index contributed by atoms with van der Waals surface area (Å²) < 4.78 is 0. The lowest BCUT2D eigenvalue weighted by atomic mass is 10.1. The molecule has 0 unspecified atom stereocenters. The van der Waals surface area contributed by atoms with Crippen molar-refractivity contribution >= 4 is 23.6 Å². The Morgan fingerprint density at radius 2 is 1.62 bits per heavy atom. The van der Waals surface area contributed by atoms with Crippen LogP contribution in [0, 0.1) is 13.8 Å². The minimum Gasteiger partial charge on any atom is -0.356 e. The van der Waals surface area contributed by atoms with Crippen molar-refractivity contribution in [2.75, 3.05) is 12.3 Å². The first-order valence-electron chi connectivity index (χ1n) is 8.82. The molecule has 0 aliphatic rings. The van der Waals surface area contributed by atoms with Crippen LogP contribution in [0.2, 0.25) is 0 Å². The molecule has 0 heterocycles. The lowest BCUT2D eigenvalue weighted by molar-refractivity contribution is -0.122. The van der Waals surface area contributed by atoms with Crippen molar-refractivity contribution in [3.05, 3.63) is 65.2 Å². The first-order chi connectivity index (χ1) is 12.5. The van der Waals surface area contributed by atoms with Gasteiger partial charge in [0.2, 0.25) is 11.8 Å². The van der Waals surface area contributed by atoms with E-state index >= 15 is 0 Å². The van der Waals surface area contributed by atoms with Crippen LogP contribution in [0.5, 0.6) is 0 Å². The van der Waals surface area contributed by atoms with Gasteiger partial charge in [-0.3, -0.25) is 9.59 Å². The lowest BCUT2D eigenvalue weighted by Crippen LogP contribution is -2.30. The Labute approximate surface area is 159 Å². The molecule has 5 heteroatoms. The van der Waals surface area contributed by atoms with E-state index in [2.05, 4.69) is 42.7 Å². The lowest BCUT2D eigenvalue weighted by Gasteiger charge is -2.07. The number of carbonyl (C=O) groups is 2. The molecule has 2 rings (SSSR count). The van der Waals surface area contributed by atoms with Crippen LogP contribution >= 0.6 is 11.8 Å². The van der Waals surface area contributed by atoms with E-state index in [4.69, 9.17) is 0 Å². The molecule has 0 saturated carbocycles. The van der Waals surface area contributed by atoms with E-state index in [1.54, 1.807) is 11.8 Å². The summed E-state index contributed by atoms with van der Waals surface area (Å²) in [5.41, 5.74) is 3.60. The van der Waals surface area contributed by atoms with E-state index in [0.717, 1.165) is 11.3 Å². The third-order valence-corrected chi connectivity index (χ3v) is 5.08. The van der Waals surface area contributed by atoms with Gasteiger partial charge in [0.1, 0.15) is 0 Å². The third-order valence-electron chi connectivity index (χ3n) is 4.08. The van der Waals surface area contributed by atoms with Gasteiger partial charge in [0, 0.05) is 36.6 Å². The number of hydrogen-bond acceptors (Lipinski definition) is 3. The monoisotopic (exact) mass is 370 g/mol. The number of benzene rings is 2. The van der Waals surface area contributed by atoms with Gasteiger partial charge < -0.3 is 10.6 Å². The number of nitrogens with one attached hydrogen (secondary N) is 2. The number of aryl methyl sites for hydroxylation is 2. The smallest absolute Gasteiger partial charge is 0.222 e. The highest BCUT2D eigenvalue weighted by Crippen LogP contribution is 2.21. The average Bonchev–Trinajstić information content (AvgIpc) is 2.64. The molecule has 4 nitrogen and oxygen atoms in total. The van der Waals surface area contributed by atoms with E-state index in [9.17, 15) is 9.59 Å². The van der Waals surface area contributed by atoms with Crippen molar-refractivity contribution in [1.29, 1.82) is 0 Å². The van der Waals surface area contributed by atoms with Crippen molar-refractivity contribution in [3.8, 4) is 0 Å². The van der Waals surface area contributed by atoms with Crippen LogP contribution < -0.4 is 10.6 Å². The maximum absolute atomic E-state index is 11.9. The second-order valence-corrected chi connectivity index (χ2v) is 7.38. The molecule has 0 fully saturated rings. The van der Waals surface area contributed by atoms with Crippen molar-refractivity contribution in [2.45, 2.75) is 38.1 Å². The second-order valence-electron chi connectivity index (χ2n) is 6.21. The van der Waals surface area contributed by atoms with Crippen LogP contribution in [0.1, 0.15) is 29.5 Å². The molecule has 2 amide bonds. The molecule has 2 N–H and O–H groups in total. The summed E-state index contributed by atoms with van der Waals surface area (Å²) in [6, 6.07) is 16.1. The molecule has 0 aromatic heterocycles. The zero-order valence-electron chi connectivity index (χ0n) is 15.4. The van der Waals surface area contributed by atoms with Crippen LogP contribution in [0.3, 0.4) is 0 Å². The summed E-state index contributed by atoms with van der Waals surface area (Å²) in [6.07, 6.45) is 0.742. The molecular formula is C21H26N2O2S. The molecule has 2 aromatic rings. The topological polar surface area (TPSA) is 58.2 Å². The molecule has 0 aliphatic heterocycles. The number of thioether (sulfide) groups is 1. The maximum Gasteiger partial charge on any atom is 0.222 e. The molecular weight excluding hydrogens is 344 g/mol. The maximum atomic E-state index is 11.9. The molecule has 2 aromatic carbocycles. The van der Waals surface area contributed by atoms with E-state index in [-0.39, 0.29) is 11.8 Å². The number of rotatable bonds is 9. The van der Waals surface area contributed by atoms with Crippen LogP contribution in [-0.4, -0.2) is 24.1 Å². The van der Waals surface area contributed by atoms with Gasteiger partial charge in [0.05, 0.1) is 0 Å². The second kappa shape index (κ2) is 10.7. The van der Waals surface area contributed by atoms with E-state index in [0.29, 0.717) is 25.9 Å². The Morgan fingerprint density at radius 1 is 0.885 bits per heavy atom. The highest BCUT2D eigenvalue weighted by atomic mass is 32.2. The zero-order valence-corrected chi connectivity index (χ0v) is 16.2. The number of amides is 2. The van der Waals surface area contributed by atoms with Gasteiger partial charge in [0.15, 0.2) is 0 Å². The number of carbonyl (C=O) groups excluding carboxylic acids is 2. The summed E-state index contributed by atoms with van der Waals surface area (Å²) in [7, 11) is 0. The highest BCUT2D eigenvalue weighted by Gasteiger charge is 2.05.